The third kappa shape index (κ3) is 5.52. The number of carbonyl (C=O) groups is 1. The fourth-order valence-corrected chi connectivity index (χ4v) is 3.15. The average Bonchev–Trinajstić information content (AvgIpc) is 2.49. The molecule has 0 aliphatic carbocycles. The zero-order chi connectivity index (χ0) is 17.0. The molecule has 0 radical (unpaired) electrons. The van der Waals surface area contributed by atoms with Crippen LogP contribution in [0.25, 0.3) is 0 Å². The maximum absolute atomic E-state index is 12.2. The molecule has 1 aliphatic rings. The standard InChI is InChI=1S/C17H26ClN3O2.ClH/c1-17(2)11-21(7-6-15(17)19)10-16(22)20-9-12-8-13(18)4-5-14(12)23-3;/h4-5,8,15H,6-7,9-11,19H2,1-3H3,(H,20,22);1H. The highest BCUT2D eigenvalue weighted by atomic mass is 35.5. The number of hydrogen-bond donors (Lipinski definition) is 2. The molecule has 3 N–H and O–H groups in total. The first-order valence-corrected chi connectivity index (χ1v) is 8.26. The third-order valence-electron chi connectivity index (χ3n) is 4.48. The number of piperidine rings is 1. The number of carbonyl (C=O) groups excluding carboxylic acids is 1. The third-order valence-corrected chi connectivity index (χ3v) is 4.71. The van der Waals surface area contributed by atoms with Gasteiger partial charge >= 0.3 is 0 Å². The Labute approximate surface area is 155 Å². The first-order valence-electron chi connectivity index (χ1n) is 7.89. The van der Waals surface area contributed by atoms with Crippen molar-refractivity contribution >= 4 is 29.9 Å². The Bertz CT molecular complexity index is 567. The van der Waals surface area contributed by atoms with Gasteiger partial charge in [0.1, 0.15) is 5.75 Å². The first-order chi connectivity index (χ1) is 10.8. The van der Waals surface area contributed by atoms with E-state index in [9.17, 15) is 4.79 Å². The minimum Gasteiger partial charge on any atom is -0.496 e. The molecular formula is C17H27Cl2N3O2. The summed E-state index contributed by atoms with van der Waals surface area (Å²) in [4.78, 5) is 14.4. The maximum Gasteiger partial charge on any atom is 0.234 e. The van der Waals surface area contributed by atoms with E-state index in [-0.39, 0.29) is 29.8 Å². The fraction of sp³-hybridized carbons (Fsp3) is 0.588. The summed E-state index contributed by atoms with van der Waals surface area (Å²) >= 11 is 6.00. The summed E-state index contributed by atoms with van der Waals surface area (Å²) in [7, 11) is 1.60. The van der Waals surface area contributed by atoms with Gasteiger partial charge in [-0.05, 0) is 30.0 Å². The zero-order valence-corrected chi connectivity index (χ0v) is 16.0. The van der Waals surface area contributed by atoms with Crippen molar-refractivity contribution in [2.45, 2.75) is 32.9 Å². The number of methoxy groups -OCH3 is 1. The molecule has 0 aromatic heterocycles. The van der Waals surface area contributed by atoms with E-state index in [1.165, 1.54) is 0 Å². The number of nitrogens with one attached hydrogen (secondary N) is 1. The number of hydrogen-bond acceptors (Lipinski definition) is 4. The van der Waals surface area contributed by atoms with E-state index in [0.717, 1.165) is 30.8 Å². The van der Waals surface area contributed by atoms with E-state index in [0.29, 0.717) is 18.1 Å². The maximum atomic E-state index is 12.2. The Morgan fingerprint density at radius 2 is 2.21 bits per heavy atom. The highest BCUT2D eigenvalue weighted by Gasteiger charge is 2.33. The summed E-state index contributed by atoms with van der Waals surface area (Å²) in [5.41, 5.74) is 7.04. The first kappa shape index (κ1) is 21.0. The van der Waals surface area contributed by atoms with Crippen molar-refractivity contribution in [2.24, 2.45) is 11.1 Å². The molecule has 1 saturated heterocycles. The lowest BCUT2D eigenvalue weighted by Gasteiger charge is -2.42. The molecule has 1 heterocycles. The minimum atomic E-state index is -0.00157. The van der Waals surface area contributed by atoms with Crippen molar-refractivity contribution in [1.29, 1.82) is 0 Å². The molecule has 1 amide bonds. The second-order valence-electron chi connectivity index (χ2n) is 6.83. The molecule has 1 aliphatic heterocycles. The van der Waals surface area contributed by atoms with Crippen molar-refractivity contribution in [2.75, 3.05) is 26.7 Å². The second kappa shape index (κ2) is 8.90. The van der Waals surface area contributed by atoms with Gasteiger partial charge in [0, 0.05) is 36.3 Å². The smallest absolute Gasteiger partial charge is 0.234 e. The summed E-state index contributed by atoms with van der Waals surface area (Å²) in [6.07, 6.45) is 0.919. The Morgan fingerprint density at radius 1 is 1.50 bits per heavy atom. The highest BCUT2D eigenvalue weighted by Crippen LogP contribution is 2.27. The molecule has 0 spiro atoms. The van der Waals surface area contributed by atoms with E-state index in [1.807, 2.05) is 6.07 Å². The molecule has 7 heteroatoms. The van der Waals surface area contributed by atoms with E-state index >= 15 is 0 Å². The Hall–Kier alpha value is -1.01. The van der Waals surface area contributed by atoms with E-state index < -0.39 is 0 Å². The van der Waals surface area contributed by atoms with Crippen LogP contribution in [0.5, 0.6) is 5.75 Å². The zero-order valence-electron chi connectivity index (χ0n) is 14.5. The molecule has 136 valence electrons. The number of halogens is 2. The van der Waals surface area contributed by atoms with Crippen LogP contribution in [-0.2, 0) is 11.3 Å². The predicted molar refractivity (Wildman–Crippen MR) is 99.9 cm³/mol. The molecular weight excluding hydrogens is 349 g/mol. The lowest BCUT2D eigenvalue weighted by Crippen LogP contribution is -2.54. The highest BCUT2D eigenvalue weighted by molar-refractivity contribution is 6.30. The van der Waals surface area contributed by atoms with Crippen LogP contribution in [0.4, 0.5) is 0 Å². The van der Waals surface area contributed by atoms with Crippen LogP contribution in [-0.4, -0.2) is 43.6 Å². The number of rotatable bonds is 5. The molecule has 24 heavy (non-hydrogen) atoms. The van der Waals surface area contributed by atoms with Gasteiger partial charge in [0.05, 0.1) is 13.7 Å². The van der Waals surface area contributed by atoms with Crippen molar-refractivity contribution in [3.8, 4) is 5.75 Å². The second-order valence-corrected chi connectivity index (χ2v) is 7.26. The molecule has 0 saturated carbocycles. The van der Waals surface area contributed by atoms with Crippen LogP contribution in [0.2, 0.25) is 5.02 Å². The monoisotopic (exact) mass is 375 g/mol. The summed E-state index contributed by atoms with van der Waals surface area (Å²) in [6.45, 7) is 6.79. The summed E-state index contributed by atoms with van der Waals surface area (Å²) in [5, 5.41) is 3.56. The molecule has 1 atom stereocenters. The lowest BCUT2D eigenvalue weighted by molar-refractivity contribution is -0.123. The van der Waals surface area contributed by atoms with Gasteiger partial charge in [-0.3, -0.25) is 9.69 Å². The largest absolute Gasteiger partial charge is 0.496 e. The number of ether oxygens (including phenoxy) is 1. The SMILES string of the molecule is COc1ccc(Cl)cc1CNC(=O)CN1CCC(N)C(C)(C)C1.Cl. The summed E-state index contributed by atoms with van der Waals surface area (Å²) < 4.78 is 5.29. The molecule has 5 nitrogen and oxygen atoms in total. The fourth-order valence-electron chi connectivity index (χ4n) is 2.96. The van der Waals surface area contributed by atoms with Gasteiger partial charge in [-0.15, -0.1) is 12.4 Å². The van der Waals surface area contributed by atoms with E-state index in [2.05, 4.69) is 24.1 Å². The van der Waals surface area contributed by atoms with Gasteiger partial charge in [-0.1, -0.05) is 25.4 Å². The molecule has 1 aromatic carbocycles. The van der Waals surface area contributed by atoms with Gasteiger partial charge in [0.15, 0.2) is 0 Å². The number of nitrogens with zero attached hydrogens (tertiary/aromatic N) is 1. The van der Waals surface area contributed by atoms with Crippen LogP contribution >= 0.6 is 24.0 Å². The van der Waals surface area contributed by atoms with Crippen LogP contribution in [0.3, 0.4) is 0 Å². The van der Waals surface area contributed by atoms with Gasteiger partial charge < -0.3 is 15.8 Å². The van der Waals surface area contributed by atoms with Gasteiger partial charge in [0.2, 0.25) is 5.91 Å². The topological polar surface area (TPSA) is 67.6 Å². The molecule has 2 rings (SSSR count). The van der Waals surface area contributed by atoms with Crippen molar-refractivity contribution < 1.29 is 9.53 Å². The summed E-state index contributed by atoms with van der Waals surface area (Å²) in [6, 6.07) is 5.57. The van der Waals surface area contributed by atoms with Crippen LogP contribution < -0.4 is 15.8 Å². The van der Waals surface area contributed by atoms with Crippen molar-refractivity contribution in [1.82, 2.24) is 10.2 Å². The molecule has 1 aromatic rings. The molecule has 1 unspecified atom stereocenters. The number of likely N-dealkylation sites (tertiary alicyclic amines) is 1. The Balaban J connectivity index is 0.00000288. The quantitative estimate of drug-likeness (QED) is 0.829. The van der Waals surface area contributed by atoms with E-state index in [1.54, 1.807) is 19.2 Å². The van der Waals surface area contributed by atoms with Crippen LogP contribution in [0.15, 0.2) is 18.2 Å². The van der Waals surface area contributed by atoms with Crippen molar-refractivity contribution in [3.05, 3.63) is 28.8 Å². The molecule has 1 fully saturated rings. The van der Waals surface area contributed by atoms with E-state index in [4.69, 9.17) is 22.1 Å². The Kier molecular flexibility index (Phi) is 7.80. The number of benzene rings is 1. The van der Waals surface area contributed by atoms with Crippen LogP contribution in [0.1, 0.15) is 25.8 Å². The lowest BCUT2D eigenvalue weighted by atomic mass is 9.80. The minimum absolute atomic E-state index is 0. The Morgan fingerprint density at radius 3 is 2.83 bits per heavy atom. The summed E-state index contributed by atoms with van der Waals surface area (Å²) in [5.74, 6) is 0.720. The number of amides is 1. The van der Waals surface area contributed by atoms with Gasteiger partial charge in [-0.25, -0.2) is 0 Å². The van der Waals surface area contributed by atoms with Crippen molar-refractivity contribution in [3.63, 3.8) is 0 Å². The van der Waals surface area contributed by atoms with Crippen LogP contribution in [0, 0.1) is 5.41 Å². The average molecular weight is 376 g/mol. The number of nitrogens with two attached hydrogens (primary N) is 1. The predicted octanol–water partition coefficient (Wildman–Crippen LogP) is 2.45. The molecule has 0 bridgehead atoms. The van der Waals surface area contributed by atoms with Gasteiger partial charge in [-0.2, -0.15) is 0 Å². The normalized spacial score (nSPS) is 20.1. The van der Waals surface area contributed by atoms with Gasteiger partial charge in [0.25, 0.3) is 0 Å².